The summed E-state index contributed by atoms with van der Waals surface area (Å²) in [6.45, 7) is 1.68. The molecule has 150 valence electrons. The van der Waals surface area contributed by atoms with Crippen molar-refractivity contribution in [3.05, 3.63) is 57.4 Å². The van der Waals surface area contributed by atoms with Crippen LogP contribution in [0.5, 0.6) is 11.5 Å². The second-order valence-electron chi connectivity index (χ2n) is 5.78. The lowest BCUT2D eigenvalue weighted by molar-refractivity contribution is -0.139. The lowest BCUT2D eigenvalue weighted by atomic mass is 10.1. The highest BCUT2D eigenvalue weighted by molar-refractivity contribution is 9.10. The Kier molecular flexibility index (Phi) is 6.94. The summed E-state index contributed by atoms with van der Waals surface area (Å²) in [6.07, 6.45) is 1.64. The van der Waals surface area contributed by atoms with E-state index in [4.69, 9.17) is 26.8 Å². The van der Waals surface area contributed by atoms with Crippen LogP contribution < -0.4 is 14.4 Å². The Morgan fingerprint density at radius 3 is 2.62 bits per heavy atom. The number of benzene rings is 2. The number of nitrogens with zero attached hydrogens (tertiary/aromatic N) is 1. The molecule has 1 amide bonds. The van der Waals surface area contributed by atoms with E-state index in [1.807, 2.05) is 19.1 Å². The number of thiocarbonyl (C=S) groups is 1. The van der Waals surface area contributed by atoms with E-state index in [0.29, 0.717) is 32.8 Å². The van der Waals surface area contributed by atoms with Gasteiger partial charge in [0.25, 0.3) is 5.91 Å². The third kappa shape index (κ3) is 4.98. The van der Waals surface area contributed by atoms with E-state index in [-0.39, 0.29) is 11.7 Å². The molecule has 6 nitrogen and oxygen atoms in total. The molecule has 1 fully saturated rings. The number of carbonyl (C=O) groups is 2. The minimum absolute atomic E-state index is 0.256. The monoisotopic (exact) mass is 493 g/mol. The number of anilines is 1. The number of rotatable bonds is 7. The van der Waals surface area contributed by atoms with Gasteiger partial charge in [0.15, 0.2) is 22.4 Å². The first-order valence-corrected chi connectivity index (χ1v) is 10.6. The summed E-state index contributed by atoms with van der Waals surface area (Å²) in [7, 11) is 0. The van der Waals surface area contributed by atoms with E-state index in [1.54, 1.807) is 36.4 Å². The zero-order chi connectivity index (χ0) is 21.0. The predicted octanol–water partition coefficient (Wildman–Crippen LogP) is 4.72. The normalized spacial score (nSPS) is 15.1. The quantitative estimate of drug-likeness (QED) is 0.441. The van der Waals surface area contributed by atoms with Crippen molar-refractivity contribution in [3.8, 4) is 11.5 Å². The maximum absolute atomic E-state index is 13.0. The number of amides is 1. The molecule has 1 aliphatic rings. The number of halogens is 1. The molecule has 3 rings (SSSR count). The number of para-hydroxylation sites is 1. The minimum atomic E-state index is -1.11. The molecule has 0 aromatic heterocycles. The molecule has 1 heterocycles. The van der Waals surface area contributed by atoms with Crippen molar-refractivity contribution in [3.63, 3.8) is 0 Å². The van der Waals surface area contributed by atoms with Gasteiger partial charge in [0.2, 0.25) is 0 Å². The average Bonchev–Trinajstić information content (AvgIpc) is 2.95. The molecule has 0 radical (unpaired) electrons. The fourth-order valence-electron chi connectivity index (χ4n) is 2.63. The Labute approximate surface area is 185 Å². The number of hydrogen-bond donors (Lipinski definition) is 1. The first-order valence-electron chi connectivity index (χ1n) is 8.54. The Bertz CT molecular complexity index is 991. The Hall–Kier alpha value is -2.36. The molecular formula is C20H16BrNO5S2. The van der Waals surface area contributed by atoms with Gasteiger partial charge in [-0.05, 0) is 43.3 Å². The van der Waals surface area contributed by atoms with Crippen LogP contribution >= 0.6 is 39.9 Å². The minimum Gasteiger partial charge on any atom is -0.490 e. The smallest absolute Gasteiger partial charge is 0.341 e. The molecule has 0 bridgehead atoms. The summed E-state index contributed by atoms with van der Waals surface area (Å²) in [6, 6.07) is 12.4. The van der Waals surface area contributed by atoms with Gasteiger partial charge in [0.05, 0.1) is 17.2 Å². The Balaban J connectivity index is 1.96. The molecular weight excluding hydrogens is 478 g/mol. The summed E-state index contributed by atoms with van der Waals surface area (Å²) >= 11 is 9.94. The van der Waals surface area contributed by atoms with Gasteiger partial charge in [-0.25, -0.2) is 4.79 Å². The number of ether oxygens (including phenoxy) is 2. The maximum atomic E-state index is 13.0. The summed E-state index contributed by atoms with van der Waals surface area (Å²) in [4.78, 5) is 25.8. The van der Waals surface area contributed by atoms with Crippen molar-refractivity contribution in [1.29, 1.82) is 0 Å². The predicted molar refractivity (Wildman–Crippen MR) is 121 cm³/mol. The lowest BCUT2D eigenvalue weighted by Crippen LogP contribution is -2.27. The molecule has 1 N–H and O–H groups in total. The van der Waals surface area contributed by atoms with Gasteiger partial charge in [-0.2, -0.15) is 0 Å². The van der Waals surface area contributed by atoms with Gasteiger partial charge in [-0.3, -0.25) is 9.69 Å². The number of carbonyl (C=O) groups excluding carboxylic acids is 1. The standard InChI is InChI=1S/C20H16BrNO5S2/c1-2-26-15-5-3-4-12(18(15)27-11-17(23)24)10-16-19(25)22(20(28)29-16)14-8-6-13(21)7-9-14/h3-10H,2,11H2,1H3,(H,23,24)/b16-10-. The topological polar surface area (TPSA) is 76.1 Å². The highest BCUT2D eigenvalue weighted by atomic mass is 79.9. The molecule has 29 heavy (non-hydrogen) atoms. The van der Waals surface area contributed by atoms with Crippen molar-refractivity contribution in [1.82, 2.24) is 0 Å². The molecule has 2 aromatic carbocycles. The van der Waals surface area contributed by atoms with Crippen LogP contribution in [0.4, 0.5) is 5.69 Å². The molecule has 0 aliphatic carbocycles. The number of carboxylic acids is 1. The van der Waals surface area contributed by atoms with Crippen LogP contribution in [-0.2, 0) is 9.59 Å². The van der Waals surface area contributed by atoms with Crippen molar-refractivity contribution in [2.75, 3.05) is 18.1 Å². The Morgan fingerprint density at radius 2 is 1.97 bits per heavy atom. The zero-order valence-corrected chi connectivity index (χ0v) is 18.5. The molecule has 0 spiro atoms. The molecule has 0 unspecified atom stereocenters. The van der Waals surface area contributed by atoms with Gasteiger partial charge in [0.1, 0.15) is 0 Å². The van der Waals surface area contributed by atoms with Crippen molar-refractivity contribution >= 4 is 67.9 Å². The van der Waals surface area contributed by atoms with E-state index in [1.165, 1.54) is 16.7 Å². The van der Waals surface area contributed by atoms with Crippen molar-refractivity contribution in [2.24, 2.45) is 0 Å². The summed E-state index contributed by atoms with van der Waals surface area (Å²) in [5.41, 5.74) is 1.21. The van der Waals surface area contributed by atoms with Crippen LogP contribution in [0.15, 0.2) is 51.8 Å². The van der Waals surface area contributed by atoms with E-state index >= 15 is 0 Å². The summed E-state index contributed by atoms with van der Waals surface area (Å²) in [5.74, 6) is -0.686. The van der Waals surface area contributed by atoms with Crippen molar-refractivity contribution in [2.45, 2.75) is 6.92 Å². The van der Waals surface area contributed by atoms with Crippen LogP contribution in [0.1, 0.15) is 12.5 Å². The van der Waals surface area contributed by atoms with Crippen LogP contribution in [0.3, 0.4) is 0 Å². The molecule has 1 aliphatic heterocycles. The summed E-state index contributed by atoms with van der Waals surface area (Å²) in [5, 5.41) is 8.96. The summed E-state index contributed by atoms with van der Waals surface area (Å²) < 4.78 is 12.3. The third-order valence-corrected chi connectivity index (χ3v) is 5.65. The van der Waals surface area contributed by atoms with Gasteiger partial charge in [0, 0.05) is 10.0 Å². The fourth-order valence-corrected chi connectivity index (χ4v) is 4.18. The number of hydrogen-bond acceptors (Lipinski definition) is 6. The van der Waals surface area contributed by atoms with Gasteiger partial charge in [-0.15, -0.1) is 0 Å². The largest absolute Gasteiger partial charge is 0.490 e. The van der Waals surface area contributed by atoms with Crippen molar-refractivity contribution < 1.29 is 24.2 Å². The molecule has 2 aromatic rings. The first-order chi connectivity index (χ1) is 13.9. The fraction of sp³-hybridized carbons (Fsp3) is 0.150. The number of carboxylic acid groups (broad SMARTS) is 1. The van der Waals surface area contributed by atoms with E-state index in [9.17, 15) is 9.59 Å². The highest BCUT2D eigenvalue weighted by Gasteiger charge is 2.33. The molecule has 0 saturated carbocycles. The van der Waals surface area contributed by atoms with Gasteiger partial charge < -0.3 is 14.6 Å². The SMILES string of the molecule is CCOc1cccc(/C=C2\SC(=S)N(c3ccc(Br)cc3)C2=O)c1OCC(=O)O. The number of aliphatic carboxylic acids is 1. The zero-order valence-electron chi connectivity index (χ0n) is 15.3. The lowest BCUT2D eigenvalue weighted by Gasteiger charge is -2.14. The first kappa shape index (κ1) is 21.4. The highest BCUT2D eigenvalue weighted by Crippen LogP contribution is 2.39. The average molecular weight is 494 g/mol. The van der Waals surface area contributed by atoms with E-state index in [2.05, 4.69) is 15.9 Å². The third-order valence-electron chi connectivity index (χ3n) is 3.81. The number of thioether (sulfide) groups is 1. The molecule has 0 atom stereocenters. The van der Waals surface area contributed by atoms with Crippen LogP contribution in [0.2, 0.25) is 0 Å². The van der Waals surface area contributed by atoms with Crippen LogP contribution in [0.25, 0.3) is 6.08 Å². The van der Waals surface area contributed by atoms with Crippen LogP contribution in [0, 0.1) is 0 Å². The molecule has 9 heteroatoms. The van der Waals surface area contributed by atoms with E-state index < -0.39 is 12.6 Å². The van der Waals surface area contributed by atoms with E-state index in [0.717, 1.165) is 4.47 Å². The second kappa shape index (κ2) is 9.43. The molecule has 1 saturated heterocycles. The van der Waals surface area contributed by atoms with Gasteiger partial charge in [-0.1, -0.05) is 52.0 Å². The Morgan fingerprint density at radius 1 is 1.24 bits per heavy atom. The maximum Gasteiger partial charge on any atom is 0.341 e. The second-order valence-corrected chi connectivity index (χ2v) is 8.37. The van der Waals surface area contributed by atoms with Crippen LogP contribution in [-0.4, -0.2) is 34.5 Å². The van der Waals surface area contributed by atoms with Gasteiger partial charge >= 0.3 is 5.97 Å².